The summed E-state index contributed by atoms with van der Waals surface area (Å²) < 4.78 is 14.7. The molecule has 52 valence electrons. The first kappa shape index (κ1) is 4.39. The van der Waals surface area contributed by atoms with Crippen molar-refractivity contribution in [1.82, 2.24) is 10.2 Å². The maximum absolute atomic E-state index is 10.9. The van der Waals surface area contributed by atoms with Gasteiger partial charge >= 0.3 is 6.03 Å². The van der Waals surface area contributed by atoms with E-state index in [-0.39, 0.29) is 25.0 Å². The zero-order valence-corrected chi connectivity index (χ0v) is 5.61. The minimum atomic E-state index is -1.58. The summed E-state index contributed by atoms with van der Waals surface area (Å²) in [7, 11) is 0. The fourth-order valence-electron chi connectivity index (χ4n) is 0.643. The Kier molecular flexibility index (Phi) is 1.42. The van der Waals surface area contributed by atoms with Gasteiger partial charge in [-0.1, -0.05) is 0 Å². The number of carbonyl (C=O) groups is 1. The molecule has 0 aliphatic carbocycles. The van der Waals surface area contributed by atoms with Crippen LogP contribution in [0.5, 0.6) is 0 Å². The van der Waals surface area contributed by atoms with Crippen molar-refractivity contribution in [3.8, 4) is 0 Å². The lowest BCUT2D eigenvalue weighted by Gasteiger charge is -2.10. The van der Waals surface area contributed by atoms with E-state index in [1.807, 2.05) is 0 Å². The van der Waals surface area contributed by atoms with Gasteiger partial charge in [-0.05, 0) is 0 Å². The molecule has 9 heavy (non-hydrogen) atoms. The highest BCUT2D eigenvalue weighted by molar-refractivity contribution is 6.18. The number of nitrogens with one attached hydrogen (secondary N) is 1. The van der Waals surface area contributed by atoms with Gasteiger partial charge in [0.1, 0.15) is 0 Å². The predicted molar refractivity (Wildman–Crippen MR) is 35.7 cm³/mol. The van der Waals surface area contributed by atoms with E-state index in [4.69, 9.17) is 14.3 Å². The summed E-state index contributed by atoms with van der Waals surface area (Å²) in [6.45, 7) is -1.28. The zero-order valence-electron chi connectivity index (χ0n) is 6.85. The fourth-order valence-corrected chi connectivity index (χ4v) is 0.812. The molecule has 3 nitrogen and oxygen atoms in total. The standard InChI is InChI=1S/C5H9ClN2O/c6-1-3-8-4-2-7-5(8)9/h1-4H2,(H,7,9)/i4D2. The molecule has 1 N–H and O–H groups in total. The van der Waals surface area contributed by atoms with Gasteiger partial charge in [-0.2, -0.15) is 0 Å². The van der Waals surface area contributed by atoms with E-state index in [2.05, 4.69) is 5.32 Å². The van der Waals surface area contributed by atoms with Crippen LogP contribution in [0.25, 0.3) is 0 Å². The quantitative estimate of drug-likeness (QED) is 0.563. The molecule has 1 fully saturated rings. The van der Waals surface area contributed by atoms with Gasteiger partial charge in [0.15, 0.2) is 0 Å². The Bertz CT molecular complexity index is 176. The first-order valence-corrected chi connectivity index (χ1v) is 3.23. The average Bonchev–Trinajstić information content (AvgIpc) is 2.16. The normalized spacial score (nSPS) is 27.2. The predicted octanol–water partition coefficient (Wildman–Crippen LogP) is 0.250. The van der Waals surface area contributed by atoms with Gasteiger partial charge in [-0.25, -0.2) is 4.79 Å². The Labute approximate surface area is 61.8 Å². The third-order valence-electron chi connectivity index (χ3n) is 1.06. The van der Waals surface area contributed by atoms with Crippen molar-refractivity contribution in [2.45, 2.75) is 0 Å². The Morgan fingerprint density at radius 1 is 2.00 bits per heavy atom. The fraction of sp³-hybridized carbons (Fsp3) is 0.800. The molecule has 0 unspecified atom stereocenters. The molecule has 1 heterocycles. The van der Waals surface area contributed by atoms with E-state index < -0.39 is 6.50 Å². The van der Waals surface area contributed by atoms with Crippen molar-refractivity contribution in [3.63, 3.8) is 0 Å². The van der Waals surface area contributed by atoms with Crippen LogP contribution in [0.3, 0.4) is 0 Å². The topological polar surface area (TPSA) is 32.3 Å². The van der Waals surface area contributed by atoms with Crippen LogP contribution in [0.4, 0.5) is 4.79 Å². The molecule has 1 saturated heterocycles. The van der Waals surface area contributed by atoms with Crippen LogP contribution < -0.4 is 5.32 Å². The molecule has 0 aromatic rings. The van der Waals surface area contributed by atoms with Crippen LogP contribution in [-0.4, -0.2) is 36.4 Å². The monoisotopic (exact) mass is 150 g/mol. The molecule has 0 atom stereocenters. The van der Waals surface area contributed by atoms with Gasteiger partial charge in [-0.15, -0.1) is 11.6 Å². The highest BCUT2D eigenvalue weighted by Gasteiger charge is 2.17. The summed E-state index contributed by atoms with van der Waals surface area (Å²) >= 11 is 5.39. The SMILES string of the molecule is [2H]C1([2H])CNC(=O)N1CCCl. The first-order valence-electron chi connectivity index (χ1n) is 3.69. The van der Waals surface area contributed by atoms with E-state index in [1.165, 1.54) is 0 Å². The van der Waals surface area contributed by atoms with Gasteiger partial charge in [0.05, 0.1) is 2.74 Å². The summed E-state index contributed by atoms with van der Waals surface area (Å²) in [6, 6.07) is -0.379. The molecular weight excluding hydrogens is 140 g/mol. The van der Waals surface area contributed by atoms with E-state index in [0.717, 1.165) is 4.90 Å². The molecule has 1 aliphatic rings. The van der Waals surface area contributed by atoms with Crippen molar-refractivity contribution in [2.24, 2.45) is 0 Å². The Morgan fingerprint density at radius 3 is 3.22 bits per heavy atom. The molecule has 1 rings (SSSR count). The number of alkyl halides is 1. The van der Waals surface area contributed by atoms with Crippen molar-refractivity contribution in [1.29, 1.82) is 0 Å². The second-order valence-electron chi connectivity index (χ2n) is 1.66. The maximum atomic E-state index is 10.9. The number of rotatable bonds is 2. The van der Waals surface area contributed by atoms with E-state index >= 15 is 0 Å². The lowest BCUT2D eigenvalue weighted by Crippen LogP contribution is -2.29. The van der Waals surface area contributed by atoms with Crippen LogP contribution in [0, 0.1) is 0 Å². The lowest BCUT2D eigenvalue weighted by atomic mass is 10.6. The Balaban J connectivity index is 2.64. The van der Waals surface area contributed by atoms with Crippen molar-refractivity contribution in [2.75, 3.05) is 25.5 Å². The molecule has 0 aromatic carbocycles. The van der Waals surface area contributed by atoms with Crippen LogP contribution in [0.1, 0.15) is 2.74 Å². The largest absolute Gasteiger partial charge is 0.336 e. The smallest absolute Gasteiger partial charge is 0.317 e. The van der Waals surface area contributed by atoms with E-state index in [9.17, 15) is 4.79 Å². The molecular formula is C5H9ClN2O. The number of carbonyl (C=O) groups excluding carboxylic acids is 1. The molecule has 0 radical (unpaired) electrons. The lowest BCUT2D eigenvalue weighted by molar-refractivity contribution is 0.220. The molecule has 4 heteroatoms. The van der Waals surface area contributed by atoms with Gasteiger partial charge in [0.2, 0.25) is 0 Å². The summed E-state index contributed by atoms with van der Waals surface area (Å²) in [5.74, 6) is 0.257. The molecule has 0 aromatic heterocycles. The Morgan fingerprint density at radius 2 is 2.78 bits per heavy atom. The van der Waals surface area contributed by atoms with E-state index in [1.54, 1.807) is 0 Å². The number of amides is 2. The van der Waals surface area contributed by atoms with Crippen LogP contribution >= 0.6 is 11.6 Å². The highest BCUT2D eigenvalue weighted by Crippen LogP contribution is 1.95. The Hall–Kier alpha value is -0.440. The minimum Gasteiger partial charge on any atom is -0.336 e. The highest BCUT2D eigenvalue weighted by atomic mass is 35.5. The summed E-state index contributed by atoms with van der Waals surface area (Å²) in [5.41, 5.74) is 0. The molecule has 1 aliphatic heterocycles. The third kappa shape index (κ3) is 1.48. The summed E-state index contributed by atoms with van der Waals surface area (Å²) in [6.07, 6.45) is 0. The summed E-state index contributed by atoms with van der Waals surface area (Å²) in [5, 5.41) is 2.40. The molecule has 2 amide bonds. The maximum Gasteiger partial charge on any atom is 0.317 e. The summed E-state index contributed by atoms with van der Waals surface area (Å²) in [4.78, 5) is 12.0. The van der Waals surface area contributed by atoms with Crippen LogP contribution in [0.15, 0.2) is 0 Å². The number of hydrogen-bond donors (Lipinski definition) is 1. The van der Waals surface area contributed by atoms with E-state index in [0.29, 0.717) is 0 Å². The van der Waals surface area contributed by atoms with Gasteiger partial charge in [0.25, 0.3) is 0 Å². The minimum absolute atomic E-state index is 0.0444. The van der Waals surface area contributed by atoms with Crippen LogP contribution in [-0.2, 0) is 0 Å². The second-order valence-corrected chi connectivity index (χ2v) is 2.04. The number of hydrogen-bond acceptors (Lipinski definition) is 1. The van der Waals surface area contributed by atoms with Gasteiger partial charge in [-0.3, -0.25) is 0 Å². The zero-order chi connectivity index (χ0) is 8.48. The number of urea groups is 1. The second kappa shape index (κ2) is 2.92. The molecule has 0 saturated carbocycles. The number of nitrogens with zero attached hydrogens (tertiary/aromatic N) is 1. The average molecular weight is 151 g/mol. The molecule has 0 spiro atoms. The third-order valence-corrected chi connectivity index (χ3v) is 1.23. The van der Waals surface area contributed by atoms with Crippen LogP contribution in [0.2, 0.25) is 0 Å². The van der Waals surface area contributed by atoms with Crippen molar-refractivity contribution in [3.05, 3.63) is 0 Å². The first-order chi connectivity index (χ1) is 5.08. The van der Waals surface area contributed by atoms with Crippen molar-refractivity contribution < 1.29 is 7.54 Å². The van der Waals surface area contributed by atoms with Gasteiger partial charge < -0.3 is 10.2 Å². The van der Waals surface area contributed by atoms with Crippen molar-refractivity contribution >= 4 is 17.6 Å². The number of halogens is 1. The van der Waals surface area contributed by atoms with Gasteiger partial charge in [0, 0.05) is 25.5 Å². The molecule has 0 bridgehead atoms.